The van der Waals surface area contributed by atoms with E-state index < -0.39 is 11.9 Å². The minimum Gasteiger partial charge on any atom is -0.497 e. The van der Waals surface area contributed by atoms with Gasteiger partial charge in [0.05, 0.1) is 51.3 Å². The molecule has 1 aromatic heterocycles. The van der Waals surface area contributed by atoms with Crippen molar-refractivity contribution in [1.29, 1.82) is 0 Å². The van der Waals surface area contributed by atoms with E-state index in [1.54, 1.807) is 34.9 Å². The highest BCUT2D eigenvalue weighted by atomic mass is 32.1. The predicted octanol–water partition coefficient (Wildman–Crippen LogP) is 2.65. The van der Waals surface area contributed by atoms with Gasteiger partial charge in [-0.05, 0) is 12.1 Å². The Morgan fingerprint density at radius 2 is 1.58 bits per heavy atom. The van der Waals surface area contributed by atoms with Crippen LogP contribution in [0.3, 0.4) is 0 Å². The molecule has 0 saturated heterocycles. The third-order valence-electron chi connectivity index (χ3n) is 4.54. The summed E-state index contributed by atoms with van der Waals surface area (Å²) in [6.07, 6.45) is 0. The summed E-state index contributed by atoms with van der Waals surface area (Å²) in [7, 11) is 7.33. The van der Waals surface area contributed by atoms with E-state index in [1.165, 1.54) is 46.9 Å². The first-order valence-electron chi connectivity index (χ1n) is 9.09. The highest BCUT2D eigenvalue weighted by molar-refractivity contribution is 7.16. The molecule has 0 bridgehead atoms. The Balaban J connectivity index is 2.20. The van der Waals surface area contributed by atoms with Crippen molar-refractivity contribution in [1.82, 2.24) is 4.57 Å². The zero-order valence-corrected chi connectivity index (χ0v) is 18.6. The third-order valence-corrected chi connectivity index (χ3v) is 5.58. The van der Waals surface area contributed by atoms with Gasteiger partial charge in [-0.3, -0.25) is 9.59 Å². The molecule has 1 heterocycles. The number of aromatic nitrogens is 1. The largest absolute Gasteiger partial charge is 0.497 e. The summed E-state index contributed by atoms with van der Waals surface area (Å²) in [5.74, 6) is 0.888. The van der Waals surface area contributed by atoms with Crippen LogP contribution in [0.15, 0.2) is 35.3 Å². The van der Waals surface area contributed by atoms with Crippen molar-refractivity contribution in [2.24, 2.45) is 4.99 Å². The maximum absolute atomic E-state index is 13.0. The number of fused-ring (bicyclic) bond motifs is 1. The van der Waals surface area contributed by atoms with Crippen LogP contribution in [0, 0.1) is 0 Å². The smallest absolute Gasteiger partial charge is 0.325 e. The molecule has 0 unspecified atom stereocenters. The van der Waals surface area contributed by atoms with E-state index in [-0.39, 0.29) is 12.1 Å². The Hall–Kier alpha value is -3.53. The molecule has 0 saturated carbocycles. The van der Waals surface area contributed by atoms with Crippen LogP contribution in [0.25, 0.3) is 10.2 Å². The Bertz CT molecular complexity index is 1200. The molecular weight excluding hydrogens is 424 g/mol. The van der Waals surface area contributed by atoms with Crippen LogP contribution < -0.4 is 23.7 Å². The summed E-state index contributed by atoms with van der Waals surface area (Å²) in [5.41, 5.74) is 0.918. The van der Waals surface area contributed by atoms with E-state index >= 15 is 0 Å². The molecule has 0 spiro atoms. The second kappa shape index (κ2) is 9.52. The fraction of sp³-hybridized carbons (Fsp3) is 0.286. The zero-order chi connectivity index (χ0) is 22.5. The molecule has 1 amide bonds. The molecule has 2 aromatic carbocycles. The molecule has 0 radical (unpaired) electrons. The van der Waals surface area contributed by atoms with E-state index in [2.05, 4.69) is 4.99 Å². The van der Waals surface area contributed by atoms with Gasteiger partial charge in [0, 0.05) is 18.2 Å². The normalized spacial score (nSPS) is 11.3. The number of rotatable bonds is 7. The van der Waals surface area contributed by atoms with Crippen molar-refractivity contribution >= 4 is 33.4 Å². The summed E-state index contributed by atoms with van der Waals surface area (Å²) < 4.78 is 28.4. The van der Waals surface area contributed by atoms with Crippen molar-refractivity contribution in [2.45, 2.75) is 6.54 Å². The molecule has 164 valence electrons. The van der Waals surface area contributed by atoms with Crippen LogP contribution in [0.1, 0.15) is 10.4 Å². The number of amides is 1. The van der Waals surface area contributed by atoms with Crippen molar-refractivity contribution < 1.29 is 33.3 Å². The average Bonchev–Trinajstić information content (AvgIpc) is 3.12. The highest BCUT2D eigenvalue weighted by Crippen LogP contribution is 2.33. The van der Waals surface area contributed by atoms with E-state index in [0.717, 1.165) is 4.70 Å². The van der Waals surface area contributed by atoms with Gasteiger partial charge in [-0.25, -0.2) is 0 Å². The van der Waals surface area contributed by atoms with Gasteiger partial charge in [-0.1, -0.05) is 11.3 Å². The van der Waals surface area contributed by atoms with E-state index in [0.29, 0.717) is 33.3 Å². The van der Waals surface area contributed by atoms with Gasteiger partial charge in [0.15, 0.2) is 16.3 Å². The fourth-order valence-corrected chi connectivity index (χ4v) is 3.99. The van der Waals surface area contributed by atoms with Crippen LogP contribution in [0.4, 0.5) is 0 Å². The zero-order valence-electron chi connectivity index (χ0n) is 17.8. The third kappa shape index (κ3) is 4.48. The topological polar surface area (TPSA) is 97.6 Å². The molecule has 0 fully saturated rings. The number of esters is 1. The molecule has 31 heavy (non-hydrogen) atoms. The van der Waals surface area contributed by atoms with Gasteiger partial charge >= 0.3 is 5.97 Å². The number of thiazole rings is 1. The van der Waals surface area contributed by atoms with Crippen molar-refractivity contribution in [3.63, 3.8) is 0 Å². The van der Waals surface area contributed by atoms with Gasteiger partial charge in [0.2, 0.25) is 0 Å². The number of benzene rings is 2. The van der Waals surface area contributed by atoms with E-state index in [9.17, 15) is 9.59 Å². The highest BCUT2D eigenvalue weighted by Gasteiger charge is 2.17. The van der Waals surface area contributed by atoms with Crippen LogP contribution in [0.2, 0.25) is 0 Å². The maximum atomic E-state index is 13.0. The maximum Gasteiger partial charge on any atom is 0.325 e. The van der Waals surface area contributed by atoms with Gasteiger partial charge < -0.3 is 28.3 Å². The van der Waals surface area contributed by atoms with Gasteiger partial charge in [0.25, 0.3) is 5.91 Å². The first-order chi connectivity index (χ1) is 14.9. The lowest BCUT2D eigenvalue weighted by Gasteiger charge is -2.09. The molecule has 0 aliphatic heterocycles. The number of hydrogen-bond acceptors (Lipinski definition) is 8. The number of methoxy groups -OCH3 is 5. The first kappa shape index (κ1) is 22.2. The predicted molar refractivity (Wildman–Crippen MR) is 114 cm³/mol. The molecule has 0 atom stereocenters. The van der Waals surface area contributed by atoms with Gasteiger partial charge in [-0.2, -0.15) is 4.99 Å². The molecule has 0 N–H and O–H groups in total. The van der Waals surface area contributed by atoms with Crippen molar-refractivity contribution in [2.75, 3.05) is 35.5 Å². The Morgan fingerprint density at radius 1 is 0.903 bits per heavy atom. The molecule has 0 aliphatic carbocycles. The monoisotopic (exact) mass is 446 g/mol. The lowest BCUT2D eigenvalue weighted by Crippen LogP contribution is -2.22. The Kier molecular flexibility index (Phi) is 6.81. The minimum absolute atomic E-state index is 0.127. The second-order valence-corrected chi connectivity index (χ2v) is 7.21. The summed E-state index contributed by atoms with van der Waals surface area (Å²) >= 11 is 1.24. The van der Waals surface area contributed by atoms with Crippen LogP contribution in [-0.2, 0) is 16.1 Å². The van der Waals surface area contributed by atoms with E-state index in [4.69, 9.17) is 23.7 Å². The van der Waals surface area contributed by atoms with Crippen molar-refractivity contribution in [3.05, 3.63) is 40.7 Å². The summed E-state index contributed by atoms with van der Waals surface area (Å²) in [4.78, 5) is 29.6. The molecule has 9 nitrogen and oxygen atoms in total. The van der Waals surface area contributed by atoms with Gasteiger partial charge in [0.1, 0.15) is 18.0 Å². The summed E-state index contributed by atoms with van der Waals surface area (Å²) in [5, 5.41) is 0. The molecule has 0 aliphatic rings. The number of carbonyl (C=O) groups excluding carboxylic acids is 2. The number of carbonyl (C=O) groups is 2. The first-order valence-corrected chi connectivity index (χ1v) is 9.90. The van der Waals surface area contributed by atoms with Crippen LogP contribution >= 0.6 is 11.3 Å². The molecule has 10 heteroatoms. The Morgan fingerprint density at radius 3 is 2.19 bits per heavy atom. The van der Waals surface area contributed by atoms with E-state index in [1.807, 2.05) is 0 Å². The van der Waals surface area contributed by atoms with Gasteiger partial charge in [-0.15, -0.1) is 0 Å². The lowest BCUT2D eigenvalue weighted by atomic mass is 10.2. The SMILES string of the molecule is COC(=O)Cn1c(=NC(=O)c2ccc(OC)cc2OC)sc2cc(OC)c(OC)cc21. The summed E-state index contributed by atoms with van der Waals surface area (Å²) in [6, 6.07) is 8.32. The van der Waals surface area contributed by atoms with Crippen molar-refractivity contribution in [3.8, 4) is 23.0 Å². The fourth-order valence-electron chi connectivity index (χ4n) is 2.95. The number of nitrogens with zero attached hydrogens (tertiary/aromatic N) is 2. The lowest BCUT2D eigenvalue weighted by molar-refractivity contribution is -0.141. The van der Waals surface area contributed by atoms with Crippen LogP contribution in [0.5, 0.6) is 23.0 Å². The number of ether oxygens (including phenoxy) is 5. The number of hydrogen-bond donors (Lipinski definition) is 0. The minimum atomic E-state index is -0.524. The molecule has 3 aromatic rings. The second-order valence-electron chi connectivity index (χ2n) is 6.21. The summed E-state index contributed by atoms with van der Waals surface area (Å²) in [6.45, 7) is -0.127. The van der Waals surface area contributed by atoms with Crippen LogP contribution in [-0.4, -0.2) is 52.0 Å². The quantitative estimate of drug-likeness (QED) is 0.515. The molecule has 3 rings (SSSR count). The average molecular weight is 446 g/mol. The molecular formula is C21H22N2O7S. The standard InChI is InChI=1S/C21H22N2O7S/c1-26-12-6-7-13(15(8-12)27-2)20(25)22-21-23(11-19(24)30-5)14-9-16(28-3)17(29-4)10-18(14)31-21/h6-10H,11H2,1-5H3. The Labute approximate surface area is 182 Å².